The highest BCUT2D eigenvalue weighted by molar-refractivity contribution is 7.10. The predicted molar refractivity (Wildman–Crippen MR) is 103 cm³/mol. The van der Waals surface area contributed by atoms with Crippen LogP contribution in [0.4, 0.5) is 0 Å². The van der Waals surface area contributed by atoms with Crippen LogP contribution >= 0.6 is 11.3 Å². The van der Waals surface area contributed by atoms with Crippen molar-refractivity contribution >= 4 is 28.3 Å². The Hall–Kier alpha value is -2.18. The van der Waals surface area contributed by atoms with Gasteiger partial charge in [0, 0.05) is 24.4 Å². The summed E-state index contributed by atoms with van der Waals surface area (Å²) < 4.78 is 1.93. The third-order valence-electron chi connectivity index (χ3n) is 5.06. The maximum atomic E-state index is 12.3. The molecule has 0 aliphatic heterocycles. The molecule has 1 aliphatic carbocycles. The van der Waals surface area contributed by atoms with Crippen LogP contribution in [0.15, 0.2) is 29.6 Å². The standard InChI is InChI=1S/C20H23N3O2S/c24-12-19-22-16-6-2-3-7-17(16)23(19)10-9-20(25)21-11-14-13-26-18-8-4-1-5-15(14)18/h2-3,6-7,13,24H,1,4-5,8-12H2,(H,21,25). The number of hydrogen-bond donors (Lipinski definition) is 2. The molecule has 2 aromatic heterocycles. The SMILES string of the molecule is O=C(CCn1c(CO)nc2ccccc21)NCc1csc2c1CCCC2. The number of benzene rings is 1. The minimum atomic E-state index is -0.128. The summed E-state index contributed by atoms with van der Waals surface area (Å²) in [6.45, 7) is 1.00. The smallest absolute Gasteiger partial charge is 0.222 e. The van der Waals surface area contributed by atoms with Crippen LogP contribution in [0.25, 0.3) is 11.0 Å². The summed E-state index contributed by atoms with van der Waals surface area (Å²) in [6, 6.07) is 7.76. The molecular formula is C20H23N3O2S. The van der Waals surface area contributed by atoms with E-state index >= 15 is 0 Å². The van der Waals surface area contributed by atoms with E-state index in [1.807, 2.05) is 40.2 Å². The van der Waals surface area contributed by atoms with E-state index in [1.54, 1.807) is 0 Å². The fourth-order valence-corrected chi connectivity index (χ4v) is 4.85. The number of imidazole rings is 1. The molecule has 2 N–H and O–H groups in total. The molecule has 0 bridgehead atoms. The van der Waals surface area contributed by atoms with E-state index in [9.17, 15) is 9.90 Å². The first kappa shape index (κ1) is 17.2. The number of amides is 1. The summed E-state index contributed by atoms with van der Waals surface area (Å²) >= 11 is 1.83. The number of carbonyl (C=O) groups excluding carboxylic acids is 1. The molecule has 26 heavy (non-hydrogen) atoms. The monoisotopic (exact) mass is 369 g/mol. The van der Waals surface area contributed by atoms with Crippen molar-refractivity contribution in [2.24, 2.45) is 0 Å². The fraction of sp³-hybridized carbons (Fsp3) is 0.400. The number of aliphatic hydroxyl groups excluding tert-OH is 1. The van der Waals surface area contributed by atoms with Crippen LogP contribution in [0.2, 0.25) is 0 Å². The molecule has 5 nitrogen and oxygen atoms in total. The van der Waals surface area contributed by atoms with E-state index in [2.05, 4.69) is 15.7 Å². The number of rotatable bonds is 6. The van der Waals surface area contributed by atoms with Gasteiger partial charge in [0.1, 0.15) is 12.4 Å². The maximum Gasteiger partial charge on any atom is 0.222 e. The Morgan fingerprint density at radius 2 is 2.12 bits per heavy atom. The van der Waals surface area contributed by atoms with Gasteiger partial charge in [-0.2, -0.15) is 0 Å². The molecule has 3 aromatic rings. The molecule has 0 unspecified atom stereocenters. The Balaban J connectivity index is 1.38. The average Bonchev–Trinajstić information content (AvgIpc) is 3.25. The summed E-state index contributed by atoms with van der Waals surface area (Å²) in [7, 11) is 0. The molecule has 0 saturated carbocycles. The first-order chi connectivity index (χ1) is 12.8. The summed E-state index contributed by atoms with van der Waals surface area (Å²) in [5.74, 6) is 0.633. The van der Waals surface area contributed by atoms with Crippen molar-refractivity contribution in [1.29, 1.82) is 0 Å². The number of hydrogen-bond acceptors (Lipinski definition) is 4. The van der Waals surface area contributed by atoms with Crippen LogP contribution < -0.4 is 5.32 Å². The van der Waals surface area contributed by atoms with Gasteiger partial charge in [-0.05, 0) is 54.3 Å². The van der Waals surface area contributed by atoms with Crippen molar-refractivity contribution in [3.05, 3.63) is 51.5 Å². The van der Waals surface area contributed by atoms with Crippen LogP contribution in [0, 0.1) is 0 Å². The number of fused-ring (bicyclic) bond motifs is 2. The highest BCUT2D eigenvalue weighted by Crippen LogP contribution is 2.30. The predicted octanol–water partition coefficient (Wildman–Crippen LogP) is 3.18. The lowest BCUT2D eigenvalue weighted by atomic mass is 9.96. The Labute approximate surface area is 156 Å². The number of aryl methyl sites for hydroxylation is 2. The molecule has 6 heteroatoms. The lowest BCUT2D eigenvalue weighted by Gasteiger charge is -2.13. The zero-order valence-corrected chi connectivity index (χ0v) is 15.5. The summed E-state index contributed by atoms with van der Waals surface area (Å²) in [5.41, 5.74) is 4.55. The van der Waals surface area contributed by atoms with Crippen LogP contribution in [0.3, 0.4) is 0 Å². The molecule has 0 atom stereocenters. The topological polar surface area (TPSA) is 67.2 Å². The third kappa shape index (κ3) is 3.39. The minimum Gasteiger partial charge on any atom is -0.388 e. The molecule has 4 rings (SSSR count). The van der Waals surface area contributed by atoms with Crippen molar-refractivity contribution in [2.75, 3.05) is 0 Å². The zero-order chi connectivity index (χ0) is 17.9. The first-order valence-corrected chi connectivity index (χ1v) is 10.0. The number of aliphatic hydroxyl groups is 1. The van der Waals surface area contributed by atoms with Gasteiger partial charge in [0.25, 0.3) is 0 Å². The van der Waals surface area contributed by atoms with Crippen molar-refractivity contribution in [2.45, 2.75) is 51.8 Å². The van der Waals surface area contributed by atoms with Gasteiger partial charge in [-0.1, -0.05) is 12.1 Å². The Morgan fingerprint density at radius 1 is 1.27 bits per heavy atom. The Bertz CT molecular complexity index is 928. The lowest BCUT2D eigenvalue weighted by Crippen LogP contribution is -2.24. The van der Waals surface area contributed by atoms with E-state index in [1.165, 1.54) is 35.3 Å². The maximum absolute atomic E-state index is 12.3. The van der Waals surface area contributed by atoms with Gasteiger partial charge >= 0.3 is 0 Å². The molecule has 1 aromatic carbocycles. The second-order valence-corrected chi connectivity index (χ2v) is 7.69. The quantitative estimate of drug-likeness (QED) is 0.701. The van der Waals surface area contributed by atoms with Crippen LogP contribution in [0.1, 0.15) is 41.1 Å². The van der Waals surface area contributed by atoms with Crippen LogP contribution in [-0.2, 0) is 37.3 Å². The number of carbonyl (C=O) groups is 1. The van der Waals surface area contributed by atoms with Gasteiger partial charge in [0.05, 0.1) is 11.0 Å². The summed E-state index contributed by atoms with van der Waals surface area (Å²) in [4.78, 5) is 18.3. The van der Waals surface area contributed by atoms with Crippen LogP contribution in [0.5, 0.6) is 0 Å². The normalized spacial score (nSPS) is 13.7. The summed E-state index contributed by atoms with van der Waals surface area (Å²) in [5, 5.41) is 14.8. The van der Waals surface area contributed by atoms with Gasteiger partial charge in [-0.3, -0.25) is 4.79 Å². The second kappa shape index (κ2) is 7.60. The van der Waals surface area contributed by atoms with Gasteiger partial charge in [-0.15, -0.1) is 11.3 Å². The zero-order valence-electron chi connectivity index (χ0n) is 14.7. The second-order valence-electron chi connectivity index (χ2n) is 6.72. The van der Waals surface area contributed by atoms with Gasteiger partial charge < -0.3 is 15.0 Å². The molecule has 0 radical (unpaired) electrons. The van der Waals surface area contributed by atoms with E-state index in [4.69, 9.17) is 0 Å². The Kier molecular flexibility index (Phi) is 5.04. The van der Waals surface area contributed by atoms with E-state index < -0.39 is 0 Å². The Morgan fingerprint density at radius 3 is 3.00 bits per heavy atom. The van der Waals surface area contributed by atoms with Crippen LogP contribution in [-0.4, -0.2) is 20.6 Å². The molecule has 1 amide bonds. The van der Waals surface area contributed by atoms with Gasteiger partial charge in [0.2, 0.25) is 5.91 Å². The number of aromatic nitrogens is 2. The average molecular weight is 369 g/mol. The minimum absolute atomic E-state index is 0.0300. The van der Waals surface area contributed by atoms with E-state index in [-0.39, 0.29) is 12.5 Å². The molecule has 0 fully saturated rings. The van der Waals surface area contributed by atoms with E-state index in [0.717, 1.165) is 17.5 Å². The molecule has 1 aliphatic rings. The highest BCUT2D eigenvalue weighted by atomic mass is 32.1. The highest BCUT2D eigenvalue weighted by Gasteiger charge is 2.16. The number of thiophene rings is 1. The molecule has 2 heterocycles. The number of nitrogens with one attached hydrogen (secondary N) is 1. The first-order valence-electron chi connectivity index (χ1n) is 9.16. The van der Waals surface area contributed by atoms with Crippen molar-refractivity contribution in [1.82, 2.24) is 14.9 Å². The van der Waals surface area contributed by atoms with Crippen molar-refractivity contribution < 1.29 is 9.90 Å². The number of para-hydroxylation sites is 2. The van der Waals surface area contributed by atoms with E-state index in [0.29, 0.717) is 25.3 Å². The molecular weight excluding hydrogens is 346 g/mol. The van der Waals surface area contributed by atoms with Gasteiger partial charge in [-0.25, -0.2) is 4.98 Å². The molecule has 0 spiro atoms. The molecule has 136 valence electrons. The van der Waals surface area contributed by atoms with Gasteiger partial charge in [0.15, 0.2) is 0 Å². The lowest BCUT2D eigenvalue weighted by molar-refractivity contribution is -0.121. The largest absolute Gasteiger partial charge is 0.388 e. The molecule has 0 saturated heterocycles. The fourth-order valence-electron chi connectivity index (χ4n) is 3.70. The number of nitrogens with zero attached hydrogens (tertiary/aromatic N) is 2. The third-order valence-corrected chi connectivity index (χ3v) is 6.20. The van der Waals surface area contributed by atoms with Crippen molar-refractivity contribution in [3.63, 3.8) is 0 Å². The summed E-state index contributed by atoms with van der Waals surface area (Å²) in [6.07, 6.45) is 5.24. The van der Waals surface area contributed by atoms with Crippen molar-refractivity contribution in [3.8, 4) is 0 Å².